The summed E-state index contributed by atoms with van der Waals surface area (Å²) < 4.78 is 0. The van der Waals surface area contributed by atoms with E-state index in [1.54, 1.807) is 6.20 Å². The van der Waals surface area contributed by atoms with E-state index in [1.807, 2.05) is 30.3 Å². The molecule has 4 heteroatoms. The van der Waals surface area contributed by atoms with Crippen molar-refractivity contribution in [2.24, 2.45) is 0 Å². The lowest BCUT2D eigenvalue weighted by atomic mass is 10.1. The quantitative estimate of drug-likeness (QED) is 0.766. The average molecular weight is 201 g/mol. The Morgan fingerprint density at radius 1 is 1.20 bits per heavy atom. The maximum absolute atomic E-state index is 9.01. The van der Waals surface area contributed by atoms with Crippen molar-refractivity contribution in [2.75, 3.05) is 5.73 Å². The normalized spacial score (nSPS) is 10.2. The zero-order valence-electron chi connectivity index (χ0n) is 8.09. The number of nitrogens with zero attached hydrogens (tertiary/aromatic N) is 2. The van der Waals surface area contributed by atoms with E-state index in [4.69, 9.17) is 10.8 Å². The molecular formula is C11H11N3O. The second-order valence-electron chi connectivity index (χ2n) is 3.11. The van der Waals surface area contributed by atoms with E-state index in [-0.39, 0.29) is 12.4 Å². The van der Waals surface area contributed by atoms with Crippen molar-refractivity contribution < 1.29 is 5.11 Å². The van der Waals surface area contributed by atoms with Gasteiger partial charge in [0.25, 0.3) is 0 Å². The summed E-state index contributed by atoms with van der Waals surface area (Å²) >= 11 is 0. The standard InChI is InChI=1S/C11H11N3O/c12-11-10(7-15)14-9(6-13-11)8-4-2-1-3-5-8/h1-6,15H,7H2,(H2,12,13). The molecule has 0 unspecified atom stereocenters. The first kappa shape index (κ1) is 9.61. The zero-order valence-corrected chi connectivity index (χ0v) is 8.09. The van der Waals surface area contributed by atoms with Crippen LogP contribution in [0.5, 0.6) is 0 Å². The Hall–Kier alpha value is -1.94. The van der Waals surface area contributed by atoms with Gasteiger partial charge in [0.1, 0.15) is 11.5 Å². The molecule has 76 valence electrons. The highest BCUT2D eigenvalue weighted by atomic mass is 16.3. The highest BCUT2D eigenvalue weighted by molar-refractivity contribution is 5.59. The highest BCUT2D eigenvalue weighted by Crippen LogP contribution is 2.17. The molecule has 0 fully saturated rings. The number of benzene rings is 1. The molecule has 15 heavy (non-hydrogen) atoms. The fourth-order valence-electron chi connectivity index (χ4n) is 1.30. The third-order valence-electron chi connectivity index (χ3n) is 2.10. The lowest BCUT2D eigenvalue weighted by Crippen LogP contribution is -2.01. The molecule has 3 N–H and O–H groups in total. The summed E-state index contributed by atoms with van der Waals surface area (Å²) in [5, 5.41) is 9.01. The third-order valence-corrected chi connectivity index (χ3v) is 2.10. The van der Waals surface area contributed by atoms with Gasteiger partial charge in [-0.05, 0) is 0 Å². The van der Waals surface area contributed by atoms with Gasteiger partial charge in [-0.2, -0.15) is 0 Å². The van der Waals surface area contributed by atoms with Crippen LogP contribution in [0, 0.1) is 0 Å². The van der Waals surface area contributed by atoms with E-state index in [9.17, 15) is 0 Å². The van der Waals surface area contributed by atoms with Crippen LogP contribution in [0.25, 0.3) is 11.3 Å². The SMILES string of the molecule is Nc1ncc(-c2ccccc2)nc1CO. The Balaban J connectivity index is 2.46. The molecule has 0 saturated heterocycles. The fraction of sp³-hybridized carbons (Fsp3) is 0.0909. The molecule has 0 aliphatic rings. The first-order valence-corrected chi connectivity index (χ1v) is 4.59. The predicted molar refractivity (Wildman–Crippen MR) is 57.8 cm³/mol. The molecule has 0 bridgehead atoms. The van der Waals surface area contributed by atoms with Crippen LogP contribution in [0.4, 0.5) is 5.82 Å². The third kappa shape index (κ3) is 1.94. The maximum Gasteiger partial charge on any atom is 0.147 e. The molecule has 0 radical (unpaired) electrons. The van der Waals surface area contributed by atoms with E-state index < -0.39 is 0 Å². The van der Waals surface area contributed by atoms with E-state index in [1.165, 1.54) is 0 Å². The molecule has 1 aromatic heterocycles. The number of aliphatic hydroxyl groups is 1. The van der Waals surface area contributed by atoms with E-state index >= 15 is 0 Å². The van der Waals surface area contributed by atoms with Crippen LogP contribution in [0.1, 0.15) is 5.69 Å². The largest absolute Gasteiger partial charge is 0.390 e. The topological polar surface area (TPSA) is 72.0 Å². The molecular weight excluding hydrogens is 190 g/mol. The summed E-state index contributed by atoms with van der Waals surface area (Å²) in [7, 11) is 0. The average Bonchev–Trinajstić information content (AvgIpc) is 2.31. The summed E-state index contributed by atoms with van der Waals surface area (Å²) in [4.78, 5) is 8.21. The molecule has 0 atom stereocenters. The van der Waals surface area contributed by atoms with E-state index in [0.717, 1.165) is 5.56 Å². The molecule has 1 heterocycles. The molecule has 0 spiro atoms. The van der Waals surface area contributed by atoms with Crippen LogP contribution < -0.4 is 5.73 Å². The van der Waals surface area contributed by atoms with Crippen molar-refractivity contribution in [3.05, 3.63) is 42.2 Å². The highest BCUT2D eigenvalue weighted by Gasteiger charge is 2.04. The minimum Gasteiger partial charge on any atom is -0.390 e. The Labute approximate surface area is 87.4 Å². The molecule has 2 rings (SSSR count). The van der Waals surface area contributed by atoms with Gasteiger partial charge in [-0.25, -0.2) is 9.97 Å². The van der Waals surface area contributed by atoms with Crippen LogP contribution in [-0.2, 0) is 6.61 Å². The monoisotopic (exact) mass is 201 g/mol. The summed E-state index contributed by atoms with van der Waals surface area (Å²) in [6, 6.07) is 9.64. The van der Waals surface area contributed by atoms with E-state index in [0.29, 0.717) is 11.4 Å². The second kappa shape index (κ2) is 4.06. The van der Waals surface area contributed by atoms with Crippen LogP contribution in [0.3, 0.4) is 0 Å². The zero-order chi connectivity index (χ0) is 10.7. The lowest BCUT2D eigenvalue weighted by Gasteiger charge is -2.04. The van der Waals surface area contributed by atoms with Gasteiger partial charge < -0.3 is 10.8 Å². The number of aromatic nitrogens is 2. The van der Waals surface area contributed by atoms with Gasteiger partial charge in [0.05, 0.1) is 18.5 Å². The van der Waals surface area contributed by atoms with Crippen LogP contribution in [-0.4, -0.2) is 15.1 Å². The Morgan fingerprint density at radius 2 is 1.93 bits per heavy atom. The minimum atomic E-state index is -0.195. The molecule has 1 aromatic carbocycles. The number of nitrogens with two attached hydrogens (primary N) is 1. The Kier molecular flexibility index (Phi) is 2.60. The molecule has 0 aliphatic carbocycles. The molecule has 4 nitrogen and oxygen atoms in total. The number of hydrogen-bond donors (Lipinski definition) is 2. The van der Waals surface area contributed by atoms with Gasteiger partial charge in [0, 0.05) is 5.56 Å². The van der Waals surface area contributed by atoms with Gasteiger partial charge in [-0.1, -0.05) is 30.3 Å². The summed E-state index contributed by atoms with van der Waals surface area (Å²) in [5.41, 5.74) is 7.63. The van der Waals surface area contributed by atoms with Gasteiger partial charge >= 0.3 is 0 Å². The van der Waals surface area contributed by atoms with Gasteiger partial charge in [-0.3, -0.25) is 0 Å². The number of aliphatic hydroxyl groups excluding tert-OH is 1. The summed E-state index contributed by atoms with van der Waals surface area (Å²) in [6.07, 6.45) is 1.60. The van der Waals surface area contributed by atoms with E-state index in [2.05, 4.69) is 9.97 Å². The number of rotatable bonds is 2. The Morgan fingerprint density at radius 3 is 2.60 bits per heavy atom. The predicted octanol–water partition coefficient (Wildman–Crippen LogP) is 1.22. The lowest BCUT2D eigenvalue weighted by molar-refractivity contribution is 0.277. The van der Waals surface area contributed by atoms with Crippen LogP contribution in [0.15, 0.2) is 36.5 Å². The Bertz CT molecular complexity index is 457. The molecule has 0 amide bonds. The first-order valence-electron chi connectivity index (χ1n) is 4.59. The molecule has 2 aromatic rings. The van der Waals surface area contributed by atoms with Crippen molar-refractivity contribution in [1.29, 1.82) is 0 Å². The summed E-state index contributed by atoms with van der Waals surface area (Å²) in [5.74, 6) is 0.275. The molecule has 0 aliphatic heterocycles. The number of nitrogen functional groups attached to an aromatic ring is 1. The number of hydrogen-bond acceptors (Lipinski definition) is 4. The first-order chi connectivity index (χ1) is 7.31. The number of anilines is 1. The smallest absolute Gasteiger partial charge is 0.147 e. The van der Waals surface area contributed by atoms with Crippen LogP contribution in [0.2, 0.25) is 0 Å². The van der Waals surface area contributed by atoms with Gasteiger partial charge in [-0.15, -0.1) is 0 Å². The molecule has 0 saturated carbocycles. The van der Waals surface area contributed by atoms with Crippen molar-refractivity contribution >= 4 is 5.82 Å². The second-order valence-corrected chi connectivity index (χ2v) is 3.11. The van der Waals surface area contributed by atoms with Gasteiger partial charge in [0.2, 0.25) is 0 Å². The van der Waals surface area contributed by atoms with Crippen LogP contribution >= 0.6 is 0 Å². The van der Waals surface area contributed by atoms with Crippen molar-refractivity contribution in [3.8, 4) is 11.3 Å². The maximum atomic E-state index is 9.01. The summed E-state index contributed by atoms with van der Waals surface area (Å²) in [6.45, 7) is -0.195. The minimum absolute atomic E-state index is 0.195. The van der Waals surface area contributed by atoms with Crippen molar-refractivity contribution in [3.63, 3.8) is 0 Å². The van der Waals surface area contributed by atoms with Crippen molar-refractivity contribution in [2.45, 2.75) is 6.61 Å². The van der Waals surface area contributed by atoms with Crippen molar-refractivity contribution in [1.82, 2.24) is 9.97 Å². The fourth-order valence-corrected chi connectivity index (χ4v) is 1.30. The van der Waals surface area contributed by atoms with Gasteiger partial charge in [0.15, 0.2) is 0 Å².